The predicted octanol–water partition coefficient (Wildman–Crippen LogP) is 2.63. The molecule has 2 heterocycles. The molecule has 1 aromatic carbocycles. The molecule has 1 unspecified atom stereocenters. The predicted molar refractivity (Wildman–Crippen MR) is 107 cm³/mol. The van der Waals surface area contributed by atoms with Crippen molar-refractivity contribution in [3.05, 3.63) is 71.8 Å². The molecule has 0 radical (unpaired) electrons. The number of amides is 1. The molecule has 0 aliphatic rings. The minimum atomic E-state index is -1.11. The summed E-state index contributed by atoms with van der Waals surface area (Å²) in [4.78, 5) is 26.5. The Kier molecular flexibility index (Phi) is 6.43. The number of benzene rings is 1. The lowest BCUT2D eigenvalue weighted by atomic mass is 10.1. The van der Waals surface area contributed by atoms with Crippen molar-refractivity contribution < 1.29 is 14.7 Å². The Bertz CT molecular complexity index is 964. The van der Waals surface area contributed by atoms with Crippen LogP contribution in [0.5, 0.6) is 0 Å². The summed E-state index contributed by atoms with van der Waals surface area (Å²) in [5.41, 5.74) is 2.06. The van der Waals surface area contributed by atoms with Gasteiger partial charge in [-0.1, -0.05) is 30.3 Å². The lowest BCUT2D eigenvalue weighted by Crippen LogP contribution is -2.38. The molecular formula is C21H25N5O3. The highest BCUT2D eigenvalue weighted by molar-refractivity contribution is 5.87. The molecule has 1 N–H and O–H groups in total. The van der Waals surface area contributed by atoms with Gasteiger partial charge in [0.1, 0.15) is 11.7 Å². The molecule has 152 valence electrons. The highest BCUT2D eigenvalue weighted by atomic mass is 16.4. The van der Waals surface area contributed by atoms with Gasteiger partial charge < -0.3 is 10.0 Å². The first-order chi connectivity index (χ1) is 14.0. The van der Waals surface area contributed by atoms with E-state index in [0.717, 1.165) is 11.3 Å². The smallest absolute Gasteiger partial charge is 0.354 e. The van der Waals surface area contributed by atoms with E-state index in [1.54, 1.807) is 18.0 Å². The number of nitrogens with zero attached hydrogens (tertiary/aromatic N) is 5. The molecule has 0 saturated heterocycles. The van der Waals surface area contributed by atoms with Crippen molar-refractivity contribution in [3.8, 4) is 0 Å². The maximum absolute atomic E-state index is 13.3. The van der Waals surface area contributed by atoms with Crippen LogP contribution in [0.25, 0.3) is 0 Å². The van der Waals surface area contributed by atoms with E-state index in [0.29, 0.717) is 26.1 Å². The van der Waals surface area contributed by atoms with Crippen LogP contribution >= 0.6 is 0 Å². The van der Waals surface area contributed by atoms with Gasteiger partial charge in [-0.15, -0.1) is 0 Å². The Morgan fingerprint density at radius 2 is 1.83 bits per heavy atom. The number of hydrogen-bond donors (Lipinski definition) is 1. The minimum absolute atomic E-state index is 0.00698. The Labute approximate surface area is 169 Å². The number of carboxylic acid groups (broad SMARTS) is 1. The van der Waals surface area contributed by atoms with Gasteiger partial charge in [0.05, 0.1) is 12.2 Å². The van der Waals surface area contributed by atoms with E-state index in [4.69, 9.17) is 0 Å². The molecule has 0 aliphatic heterocycles. The summed E-state index contributed by atoms with van der Waals surface area (Å²) in [6.07, 6.45) is 3.82. The third kappa shape index (κ3) is 4.71. The largest absolute Gasteiger partial charge is 0.477 e. The zero-order valence-electron chi connectivity index (χ0n) is 16.6. The summed E-state index contributed by atoms with van der Waals surface area (Å²) < 4.78 is 3.11. The first-order valence-electron chi connectivity index (χ1n) is 9.61. The monoisotopic (exact) mass is 395 g/mol. The molecule has 3 aromatic rings. The molecular weight excluding hydrogens is 370 g/mol. The number of carbonyl (C=O) groups excluding carboxylic acids is 1. The zero-order valence-corrected chi connectivity index (χ0v) is 16.6. The van der Waals surface area contributed by atoms with Gasteiger partial charge in [-0.2, -0.15) is 10.2 Å². The number of aromatic nitrogens is 4. The Morgan fingerprint density at radius 1 is 1.10 bits per heavy atom. The molecule has 29 heavy (non-hydrogen) atoms. The number of rotatable bonds is 9. The fourth-order valence-electron chi connectivity index (χ4n) is 3.31. The maximum Gasteiger partial charge on any atom is 0.354 e. The highest BCUT2D eigenvalue weighted by Crippen LogP contribution is 2.16. The van der Waals surface area contributed by atoms with Gasteiger partial charge in [-0.3, -0.25) is 9.48 Å². The summed E-state index contributed by atoms with van der Waals surface area (Å²) in [6.45, 7) is 5.28. The summed E-state index contributed by atoms with van der Waals surface area (Å²) >= 11 is 0. The van der Waals surface area contributed by atoms with Gasteiger partial charge >= 0.3 is 5.97 Å². The molecule has 0 bridgehead atoms. The number of aryl methyl sites for hydroxylation is 1. The van der Waals surface area contributed by atoms with Gasteiger partial charge in [-0.25, -0.2) is 9.48 Å². The molecule has 0 fully saturated rings. The molecule has 0 aliphatic carbocycles. The van der Waals surface area contributed by atoms with Gasteiger partial charge in [0.15, 0.2) is 0 Å². The average molecular weight is 395 g/mol. The van der Waals surface area contributed by atoms with Crippen LogP contribution in [0.15, 0.2) is 54.9 Å². The average Bonchev–Trinajstić information content (AvgIpc) is 3.40. The molecule has 0 spiro atoms. The first-order valence-corrected chi connectivity index (χ1v) is 9.61. The molecule has 3 rings (SSSR count). The second-order valence-corrected chi connectivity index (χ2v) is 6.78. The van der Waals surface area contributed by atoms with Gasteiger partial charge in [0.2, 0.25) is 5.91 Å². The van der Waals surface area contributed by atoms with Gasteiger partial charge in [0.25, 0.3) is 0 Å². The summed E-state index contributed by atoms with van der Waals surface area (Å²) in [7, 11) is 0. The topological polar surface area (TPSA) is 93.3 Å². The summed E-state index contributed by atoms with van der Waals surface area (Å²) in [5.74, 6) is -1.29. The van der Waals surface area contributed by atoms with Gasteiger partial charge in [0, 0.05) is 25.5 Å². The fraction of sp³-hybridized carbons (Fsp3) is 0.333. The lowest BCUT2D eigenvalue weighted by molar-refractivity contribution is -0.135. The van der Waals surface area contributed by atoms with Crippen LogP contribution in [-0.4, -0.2) is 48.0 Å². The third-order valence-corrected chi connectivity index (χ3v) is 4.90. The number of hydrogen-bond acceptors (Lipinski definition) is 4. The van der Waals surface area contributed by atoms with Crippen molar-refractivity contribution in [2.45, 2.75) is 39.4 Å². The van der Waals surface area contributed by atoms with Crippen LogP contribution in [0, 0.1) is 0 Å². The molecule has 1 amide bonds. The number of carbonyl (C=O) groups is 2. The SMILES string of the molecule is CCn1nccc1CN(CCc1ccccc1)C(=O)C(C)n1nccc1C(=O)O. The Morgan fingerprint density at radius 3 is 2.52 bits per heavy atom. The highest BCUT2D eigenvalue weighted by Gasteiger charge is 2.26. The van der Waals surface area contributed by atoms with Crippen LogP contribution < -0.4 is 0 Å². The van der Waals surface area contributed by atoms with Crippen LogP contribution in [0.2, 0.25) is 0 Å². The fourth-order valence-corrected chi connectivity index (χ4v) is 3.31. The van der Waals surface area contributed by atoms with Crippen molar-refractivity contribution in [1.82, 2.24) is 24.5 Å². The van der Waals surface area contributed by atoms with E-state index < -0.39 is 12.0 Å². The van der Waals surface area contributed by atoms with Crippen LogP contribution in [0.1, 0.15) is 41.6 Å². The molecule has 1 atom stereocenters. The van der Waals surface area contributed by atoms with E-state index in [2.05, 4.69) is 10.2 Å². The van der Waals surface area contributed by atoms with Crippen LogP contribution in [-0.2, 0) is 24.3 Å². The van der Waals surface area contributed by atoms with Crippen molar-refractivity contribution in [1.29, 1.82) is 0 Å². The Hall–Kier alpha value is -3.42. The minimum Gasteiger partial charge on any atom is -0.477 e. The van der Waals surface area contributed by atoms with E-state index in [-0.39, 0.29) is 11.6 Å². The van der Waals surface area contributed by atoms with E-state index in [1.165, 1.54) is 16.9 Å². The van der Waals surface area contributed by atoms with Gasteiger partial charge in [-0.05, 0) is 38.0 Å². The van der Waals surface area contributed by atoms with Crippen molar-refractivity contribution in [2.24, 2.45) is 0 Å². The lowest BCUT2D eigenvalue weighted by Gasteiger charge is -2.27. The maximum atomic E-state index is 13.3. The molecule has 8 heteroatoms. The van der Waals surface area contributed by atoms with E-state index in [9.17, 15) is 14.7 Å². The Balaban J connectivity index is 1.83. The van der Waals surface area contributed by atoms with E-state index in [1.807, 2.05) is 48.0 Å². The summed E-state index contributed by atoms with van der Waals surface area (Å²) in [5, 5.41) is 17.7. The molecule has 0 saturated carbocycles. The summed E-state index contributed by atoms with van der Waals surface area (Å²) in [6, 6.07) is 12.5. The van der Waals surface area contributed by atoms with Crippen molar-refractivity contribution in [3.63, 3.8) is 0 Å². The zero-order chi connectivity index (χ0) is 20.8. The standard InChI is InChI=1S/C21H25N5O3/c1-3-25-18(9-12-22-25)15-24(14-11-17-7-5-4-6-8-17)20(27)16(2)26-19(21(28)29)10-13-23-26/h4-10,12-13,16H,3,11,14-15H2,1-2H3,(H,28,29). The normalized spacial score (nSPS) is 11.9. The van der Waals surface area contributed by atoms with E-state index >= 15 is 0 Å². The second kappa shape index (κ2) is 9.18. The number of carboxylic acids is 1. The first kappa shape index (κ1) is 20.3. The van der Waals surface area contributed by atoms with Crippen LogP contribution in [0.4, 0.5) is 0 Å². The number of aromatic carboxylic acids is 1. The third-order valence-electron chi connectivity index (χ3n) is 4.90. The second-order valence-electron chi connectivity index (χ2n) is 6.78. The van der Waals surface area contributed by atoms with Crippen molar-refractivity contribution >= 4 is 11.9 Å². The van der Waals surface area contributed by atoms with Crippen molar-refractivity contribution in [2.75, 3.05) is 6.54 Å². The quantitative estimate of drug-likeness (QED) is 0.601. The molecule has 8 nitrogen and oxygen atoms in total. The molecule has 2 aromatic heterocycles. The van der Waals surface area contributed by atoms with Crippen LogP contribution in [0.3, 0.4) is 0 Å².